The number of carbonyl (C=O) groups is 1. The van der Waals surface area contributed by atoms with Crippen LogP contribution in [0.2, 0.25) is 0 Å². The van der Waals surface area contributed by atoms with Crippen LogP contribution in [0.4, 0.5) is 0 Å². The monoisotopic (exact) mass is 407 g/mol. The van der Waals surface area contributed by atoms with Gasteiger partial charge in [-0.05, 0) is 24.0 Å². The van der Waals surface area contributed by atoms with Crippen LogP contribution in [0.3, 0.4) is 0 Å². The summed E-state index contributed by atoms with van der Waals surface area (Å²) in [6.07, 6.45) is 9.26. The minimum absolute atomic E-state index is 0.188. The van der Waals surface area contributed by atoms with Gasteiger partial charge in [0.1, 0.15) is 0 Å². The molecular formula is C22H25N5O3. The van der Waals surface area contributed by atoms with Gasteiger partial charge in [0.2, 0.25) is 0 Å². The van der Waals surface area contributed by atoms with E-state index < -0.39 is 17.1 Å². The number of benzene rings is 1. The van der Waals surface area contributed by atoms with E-state index in [0.717, 1.165) is 36.8 Å². The average molecular weight is 407 g/mol. The van der Waals surface area contributed by atoms with Crippen molar-refractivity contribution >= 4 is 5.91 Å². The highest BCUT2D eigenvalue weighted by Gasteiger charge is 2.37. The maximum Gasteiger partial charge on any atom is 0.275 e. The smallest absolute Gasteiger partial charge is 0.275 e. The Morgan fingerprint density at radius 3 is 2.67 bits per heavy atom. The van der Waals surface area contributed by atoms with Gasteiger partial charge in [-0.1, -0.05) is 37.1 Å². The number of carbonyl (C=O) groups excluding carboxylic acids is 1. The van der Waals surface area contributed by atoms with E-state index in [9.17, 15) is 14.7 Å². The second-order valence-electron chi connectivity index (χ2n) is 7.94. The molecule has 0 bridgehead atoms. The molecule has 1 aliphatic rings. The fourth-order valence-corrected chi connectivity index (χ4v) is 4.37. The summed E-state index contributed by atoms with van der Waals surface area (Å²) in [5, 5.41) is 21.0. The molecule has 0 unspecified atom stereocenters. The molecule has 0 aliphatic heterocycles. The van der Waals surface area contributed by atoms with Crippen LogP contribution >= 0.6 is 0 Å². The van der Waals surface area contributed by atoms with Crippen molar-refractivity contribution in [3.63, 3.8) is 0 Å². The number of aromatic nitrogens is 4. The van der Waals surface area contributed by atoms with E-state index in [0.29, 0.717) is 6.54 Å². The fourth-order valence-electron chi connectivity index (χ4n) is 4.37. The lowest BCUT2D eigenvalue weighted by Crippen LogP contribution is -2.33. The highest BCUT2D eigenvalue weighted by molar-refractivity contribution is 5.92. The summed E-state index contributed by atoms with van der Waals surface area (Å²) in [7, 11) is 3.32. The summed E-state index contributed by atoms with van der Waals surface area (Å²) >= 11 is 0. The summed E-state index contributed by atoms with van der Waals surface area (Å²) < 4.78 is 3.31. The van der Waals surface area contributed by atoms with E-state index in [4.69, 9.17) is 0 Å². The summed E-state index contributed by atoms with van der Waals surface area (Å²) in [5.41, 5.74) is 2.08. The van der Waals surface area contributed by atoms with E-state index >= 15 is 0 Å². The second kappa shape index (κ2) is 7.78. The molecule has 1 fully saturated rings. The highest BCUT2D eigenvalue weighted by Crippen LogP contribution is 2.43. The van der Waals surface area contributed by atoms with Gasteiger partial charge < -0.3 is 10.4 Å². The van der Waals surface area contributed by atoms with Crippen LogP contribution < -0.4 is 10.7 Å². The van der Waals surface area contributed by atoms with E-state index in [1.807, 2.05) is 25.5 Å². The van der Waals surface area contributed by atoms with Crippen molar-refractivity contribution in [1.29, 1.82) is 0 Å². The molecule has 1 amide bonds. The topological polar surface area (TPSA) is 102 Å². The van der Waals surface area contributed by atoms with Crippen LogP contribution in [-0.2, 0) is 19.0 Å². The number of aromatic hydroxyl groups is 1. The molecule has 3 aromatic rings. The first kappa shape index (κ1) is 19.9. The second-order valence-corrected chi connectivity index (χ2v) is 7.94. The molecule has 0 saturated heterocycles. The lowest BCUT2D eigenvalue weighted by Gasteiger charge is -2.30. The first-order valence-corrected chi connectivity index (χ1v) is 10.0. The third kappa shape index (κ3) is 3.60. The Balaban J connectivity index is 1.74. The van der Waals surface area contributed by atoms with Crippen LogP contribution in [0.5, 0.6) is 5.75 Å². The van der Waals surface area contributed by atoms with Crippen molar-refractivity contribution in [2.75, 3.05) is 7.05 Å². The van der Waals surface area contributed by atoms with Gasteiger partial charge in [-0.15, -0.1) is 0 Å². The lowest BCUT2D eigenvalue weighted by molar-refractivity contribution is 0.0953. The van der Waals surface area contributed by atoms with Gasteiger partial charge in [0.15, 0.2) is 11.4 Å². The van der Waals surface area contributed by atoms with Crippen molar-refractivity contribution in [1.82, 2.24) is 24.9 Å². The number of rotatable bonds is 5. The molecule has 2 heterocycles. The number of nitrogens with zero attached hydrogens (tertiary/aromatic N) is 4. The molecule has 8 nitrogen and oxygen atoms in total. The number of amides is 1. The standard InChI is InChI=1S/C22H25N5O3/c1-23-21(30)19-20(29)18(28)13-27(25-19)14-22(8-3-4-9-22)17-7-5-6-15(10-17)16-11-24-26(2)12-16/h5-7,10-13,28H,3-4,8-9,14H2,1-2H3,(H,23,30). The van der Waals surface area contributed by atoms with Gasteiger partial charge in [0, 0.05) is 31.3 Å². The Morgan fingerprint density at radius 1 is 1.23 bits per heavy atom. The van der Waals surface area contributed by atoms with Gasteiger partial charge >= 0.3 is 0 Å². The van der Waals surface area contributed by atoms with Crippen LogP contribution in [0.15, 0.2) is 47.7 Å². The Bertz CT molecular complexity index is 1140. The van der Waals surface area contributed by atoms with Gasteiger partial charge in [0.05, 0.1) is 18.9 Å². The van der Waals surface area contributed by atoms with Gasteiger partial charge in [-0.3, -0.25) is 19.0 Å². The molecule has 30 heavy (non-hydrogen) atoms. The number of hydrogen-bond donors (Lipinski definition) is 2. The zero-order chi connectivity index (χ0) is 21.3. The fraction of sp³-hybridized carbons (Fsp3) is 0.364. The number of nitrogens with one attached hydrogen (secondary N) is 1. The molecule has 1 saturated carbocycles. The number of hydrogen-bond acceptors (Lipinski definition) is 5. The molecule has 2 N–H and O–H groups in total. The van der Waals surface area contributed by atoms with E-state index in [1.165, 1.54) is 23.5 Å². The third-order valence-corrected chi connectivity index (χ3v) is 5.93. The molecule has 0 spiro atoms. The Hall–Kier alpha value is -3.42. The summed E-state index contributed by atoms with van der Waals surface area (Å²) in [4.78, 5) is 24.1. The van der Waals surface area contributed by atoms with E-state index in [2.05, 4.69) is 33.7 Å². The molecule has 0 atom stereocenters. The molecule has 0 radical (unpaired) electrons. The quantitative estimate of drug-likeness (QED) is 0.675. The largest absolute Gasteiger partial charge is 0.503 e. The SMILES string of the molecule is CNC(=O)c1nn(CC2(c3cccc(-c4cnn(C)c4)c3)CCCC2)cc(O)c1=O. The molecule has 1 aromatic carbocycles. The maximum absolute atomic E-state index is 12.1. The molecule has 4 rings (SSSR count). The first-order chi connectivity index (χ1) is 14.4. The van der Waals surface area contributed by atoms with Crippen LogP contribution in [0.25, 0.3) is 11.1 Å². The Morgan fingerprint density at radius 2 is 2.00 bits per heavy atom. The summed E-state index contributed by atoms with van der Waals surface area (Å²) in [6.45, 7) is 0.474. The summed E-state index contributed by atoms with van der Waals surface area (Å²) in [6, 6.07) is 8.41. The van der Waals surface area contributed by atoms with Crippen molar-refractivity contribution < 1.29 is 9.90 Å². The van der Waals surface area contributed by atoms with Crippen molar-refractivity contribution in [3.8, 4) is 16.9 Å². The molecule has 1 aliphatic carbocycles. The summed E-state index contributed by atoms with van der Waals surface area (Å²) in [5.74, 6) is -1.08. The van der Waals surface area contributed by atoms with Crippen LogP contribution in [0.1, 0.15) is 41.7 Å². The van der Waals surface area contributed by atoms with Gasteiger partial charge in [-0.2, -0.15) is 10.2 Å². The third-order valence-electron chi connectivity index (χ3n) is 5.93. The normalized spacial score (nSPS) is 15.3. The van der Waals surface area contributed by atoms with E-state index in [-0.39, 0.29) is 11.1 Å². The molecular weight excluding hydrogens is 382 g/mol. The van der Waals surface area contributed by atoms with Crippen molar-refractivity contribution in [3.05, 3.63) is 64.3 Å². The van der Waals surface area contributed by atoms with Gasteiger partial charge in [-0.25, -0.2) is 0 Å². The van der Waals surface area contributed by atoms with E-state index in [1.54, 1.807) is 4.68 Å². The highest BCUT2D eigenvalue weighted by atomic mass is 16.3. The molecule has 2 aromatic heterocycles. The average Bonchev–Trinajstić information content (AvgIpc) is 3.40. The van der Waals surface area contributed by atoms with Crippen LogP contribution in [0, 0.1) is 0 Å². The zero-order valence-corrected chi connectivity index (χ0v) is 17.1. The number of aryl methyl sites for hydroxylation is 1. The lowest BCUT2D eigenvalue weighted by atomic mass is 9.78. The molecule has 8 heteroatoms. The Labute approximate surface area is 174 Å². The van der Waals surface area contributed by atoms with Crippen molar-refractivity contribution in [2.45, 2.75) is 37.6 Å². The van der Waals surface area contributed by atoms with Gasteiger partial charge in [0.25, 0.3) is 11.3 Å². The van der Waals surface area contributed by atoms with Crippen molar-refractivity contribution in [2.24, 2.45) is 7.05 Å². The zero-order valence-electron chi connectivity index (χ0n) is 17.1. The van der Waals surface area contributed by atoms with Crippen LogP contribution in [-0.4, -0.2) is 37.6 Å². The minimum Gasteiger partial charge on any atom is -0.503 e. The molecule has 156 valence electrons. The Kier molecular flexibility index (Phi) is 5.15. The first-order valence-electron chi connectivity index (χ1n) is 10.0. The minimum atomic E-state index is -0.760. The predicted molar refractivity (Wildman–Crippen MR) is 112 cm³/mol. The maximum atomic E-state index is 12.1. The predicted octanol–water partition coefficient (Wildman–Crippen LogP) is 2.22.